The van der Waals surface area contributed by atoms with Crippen molar-refractivity contribution in [3.05, 3.63) is 58.4 Å². The third-order valence-corrected chi connectivity index (χ3v) is 2.96. The van der Waals surface area contributed by atoms with Gasteiger partial charge in [-0.3, -0.25) is 0 Å². The van der Waals surface area contributed by atoms with Gasteiger partial charge in [-0.25, -0.2) is 9.18 Å². The van der Waals surface area contributed by atoms with E-state index in [2.05, 4.69) is 0 Å². The van der Waals surface area contributed by atoms with Gasteiger partial charge in [-0.2, -0.15) is 0 Å². The molecular formula is C14H10ClFO2. The summed E-state index contributed by atoms with van der Waals surface area (Å²) in [7, 11) is 0. The lowest BCUT2D eigenvalue weighted by molar-refractivity contribution is 0.0696. The zero-order valence-electron chi connectivity index (χ0n) is 9.58. The number of hydrogen-bond acceptors (Lipinski definition) is 1. The molecule has 0 saturated heterocycles. The highest BCUT2D eigenvalue weighted by molar-refractivity contribution is 6.30. The molecule has 0 spiro atoms. The van der Waals surface area contributed by atoms with E-state index in [9.17, 15) is 9.18 Å². The van der Waals surface area contributed by atoms with Crippen LogP contribution in [0.15, 0.2) is 36.4 Å². The highest BCUT2D eigenvalue weighted by Gasteiger charge is 2.12. The predicted molar refractivity (Wildman–Crippen MR) is 68.5 cm³/mol. The number of carboxylic acids is 1. The molecule has 0 radical (unpaired) electrons. The van der Waals surface area contributed by atoms with Crippen molar-refractivity contribution in [1.29, 1.82) is 0 Å². The number of benzene rings is 2. The summed E-state index contributed by atoms with van der Waals surface area (Å²) in [6.45, 7) is 1.69. The van der Waals surface area contributed by atoms with Crippen molar-refractivity contribution in [1.82, 2.24) is 0 Å². The fourth-order valence-electron chi connectivity index (χ4n) is 1.89. The van der Waals surface area contributed by atoms with Crippen molar-refractivity contribution in [2.24, 2.45) is 0 Å². The molecule has 4 heteroatoms. The molecule has 1 N–H and O–H groups in total. The molecule has 0 fully saturated rings. The van der Waals surface area contributed by atoms with E-state index in [-0.39, 0.29) is 10.6 Å². The van der Waals surface area contributed by atoms with E-state index in [1.54, 1.807) is 25.1 Å². The second-order valence-electron chi connectivity index (χ2n) is 3.94. The molecule has 0 atom stereocenters. The first-order valence-electron chi connectivity index (χ1n) is 5.28. The molecule has 0 unspecified atom stereocenters. The highest BCUT2D eigenvalue weighted by Crippen LogP contribution is 2.28. The smallest absolute Gasteiger partial charge is 0.335 e. The number of aromatic carboxylic acids is 1. The summed E-state index contributed by atoms with van der Waals surface area (Å²) in [5.74, 6) is -1.45. The van der Waals surface area contributed by atoms with Crippen LogP contribution in [0.4, 0.5) is 4.39 Å². The van der Waals surface area contributed by atoms with E-state index < -0.39 is 11.8 Å². The largest absolute Gasteiger partial charge is 0.478 e. The van der Waals surface area contributed by atoms with Gasteiger partial charge in [0.2, 0.25) is 0 Å². The Labute approximate surface area is 109 Å². The average Bonchev–Trinajstić information content (AvgIpc) is 2.27. The topological polar surface area (TPSA) is 37.3 Å². The molecule has 2 aromatic carbocycles. The third-order valence-electron chi connectivity index (χ3n) is 2.74. The SMILES string of the molecule is Cc1c(C(=O)O)cccc1-c1cc(F)cc(Cl)c1. The molecule has 18 heavy (non-hydrogen) atoms. The average molecular weight is 265 g/mol. The molecule has 2 aromatic rings. The number of carboxylic acid groups (broad SMARTS) is 1. The summed E-state index contributed by atoms with van der Waals surface area (Å²) in [6, 6.07) is 9.04. The fourth-order valence-corrected chi connectivity index (χ4v) is 2.11. The maximum Gasteiger partial charge on any atom is 0.335 e. The molecular weight excluding hydrogens is 255 g/mol. The normalized spacial score (nSPS) is 10.4. The van der Waals surface area contributed by atoms with E-state index >= 15 is 0 Å². The minimum atomic E-state index is -1.00. The molecule has 0 amide bonds. The van der Waals surface area contributed by atoms with Crippen LogP contribution in [0.3, 0.4) is 0 Å². The molecule has 92 valence electrons. The van der Waals surface area contributed by atoms with Crippen LogP contribution in [0.25, 0.3) is 11.1 Å². The maximum atomic E-state index is 13.3. The number of hydrogen-bond donors (Lipinski definition) is 1. The summed E-state index contributed by atoms with van der Waals surface area (Å²) in [5.41, 5.74) is 2.02. The maximum absolute atomic E-state index is 13.3. The second kappa shape index (κ2) is 4.78. The van der Waals surface area contributed by atoms with Gasteiger partial charge in [0.15, 0.2) is 0 Å². The van der Waals surface area contributed by atoms with Crippen LogP contribution in [-0.4, -0.2) is 11.1 Å². The lowest BCUT2D eigenvalue weighted by Crippen LogP contribution is -2.00. The fraction of sp³-hybridized carbons (Fsp3) is 0.0714. The molecule has 0 bridgehead atoms. The second-order valence-corrected chi connectivity index (χ2v) is 4.38. The van der Waals surface area contributed by atoms with Gasteiger partial charge in [-0.05, 0) is 47.9 Å². The van der Waals surface area contributed by atoms with Gasteiger partial charge in [0.05, 0.1) is 5.56 Å². The molecule has 0 aliphatic rings. The third kappa shape index (κ3) is 2.36. The Kier molecular flexibility index (Phi) is 3.34. The number of rotatable bonds is 2. The first-order valence-corrected chi connectivity index (χ1v) is 5.66. The van der Waals surface area contributed by atoms with Crippen LogP contribution in [0, 0.1) is 12.7 Å². The summed E-state index contributed by atoms with van der Waals surface area (Å²) in [4.78, 5) is 11.0. The standard InChI is InChI=1S/C14H10ClFO2/c1-8-12(3-2-4-13(8)14(17)18)9-5-10(15)7-11(16)6-9/h2-7H,1H3,(H,17,18). The van der Waals surface area contributed by atoms with Gasteiger partial charge in [-0.15, -0.1) is 0 Å². The van der Waals surface area contributed by atoms with Gasteiger partial charge in [0.25, 0.3) is 0 Å². The molecule has 2 rings (SSSR count). The quantitative estimate of drug-likeness (QED) is 0.885. The van der Waals surface area contributed by atoms with Crippen molar-refractivity contribution < 1.29 is 14.3 Å². The monoisotopic (exact) mass is 264 g/mol. The van der Waals surface area contributed by atoms with Crippen LogP contribution in [0.1, 0.15) is 15.9 Å². The minimum absolute atomic E-state index is 0.202. The molecule has 0 heterocycles. The van der Waals surface area contributed by atoms with Crippen LogP contribution >= 0.6 is 11.6 Å². The lowest BCUT2D eigenvalue weighted by atomic mass is 9.96. The zero-order chi connectivity index (χ0) is 13.3. The Morgan fingerprint density at radius 3 is 2.61 bits per heavy atom. The van der Waals surface area contributed by atoms with E-state index in [0.717, 1.165) is 0 Å². The van der Waals surface area contributed by atoms with Crippen LogP contribution in [0.5, 0.6) is 0 Å². The molecule has 0 saturated carbocycles. The number of halogens is 2. The Morgan fingerprint density at radius 1 is 1.28 bits per heavy atom. The summed E-state index contributed by atoms with van der Waals surface area (Å²) >= 11 is 5.80. The lowest BCUT2D eigenvalue weighted by Gasteiger charge is -2.09. The first-order chi connectivity index (χ1) is 8.49. The minimum Gasteiger partial charge on any atom is -0.478 e. The zero-order valence-corrected chi connectivity index (χ0v) is 10.3. The summed E-state index contributed by atoms with van der Waals surface area (Å²) in [5, 5.41) is 9.33. The van der Waals surface area contributed by atoms with E-state index in [4.69, 9.17) is 16.7 Å². The van der Waals surface area contributed by atoms with E-state index in [1.807, 2.05) is 0 Å². The van der Waals surface area contributed by atoms with Crippen molar-refractivity contribution in [2.75, 3.05) is 0 Å². The molecule has 0 aliphatic carbocycles. The van der Waals surface area contributed by atoms with Crippen LogP contribution in [0.2, 0.25) is 5.02 Å². The predicted octanol–water partition coefficient (Wildman–Crippen LogP) is 4.15. The van der Waals surface area contributed by atoms with Crippen molar-refractivity contribution in [3.63, 3.8) is 0 Å². The van der Waals surface area contributed by atoms with E-state index in [0.29, 0.717) is 16.7 Å². The van der Waals surface area contributed by atoms with Crippen LogP contribution < -0.4 is 0 Å². The number of carbonyl (C=O) groups is 1. The Morgan fingerprint density at radius 2 is 2.00 bits per heavy atom. The highest BCUT2D eigenvalue weighted by atomic mass is 35.5. The van der Waals surface area contributed by atoms with Gasteiger partial charge in [0, 0.05) is 5.02 Å². The Balaban J connectivity index is 2.64. The van der Waals surface area contributed by atoms with E-state index in [1.165, 1.54) is 18.2 Å². The summed E-state index contributed by atoms with van der Waals surface area (Å²) < 4.78 is 13.3. The van der Waals surface area contributed by atoms with Crippen molar-refractivity contribution >= 4 is 17.6 Å². The van der Waals surface area contributed by atoms with Crippen LogP contribution in [-0.2, 0) is 0 Å². The van der Waals surface area contributed by atoms with Gasteiger partial charge in [-0.1, -0.05) is 23.7 Å². The van der Waals surface area contributed by atoms with Gasteiger partial charge >= 0.3 is 5.97 Å². The van der Waals surface area contributed by atoms with Crippen molar-refractivity contribution in [2.45, 2.75) is 6.92 Å². The Bertz CT molecular complexity index is 603. The Hall–Kier alpha value is -1.87. The molecule has 2 nitrogen and oxygen atoms in total. The molecule has 0 aromatic heterocycles. The molecule has 0 aliphatic heterocycles. The van der Waals surface area contributed by atoms with Gasteiger partial charge in [0.1, 0.15) is 5.82 Å². The van der Waals surface area contributed by atoms with Gasteiger partial charge < -0.3 is 5.11 Å². The van der Waals surface area contributed by atoms with Crippen molar-refractivity contribution in [3.8, 4) is 11.1 Å². The summed E-state index contributed by atoms with van der Waals surface area (Å²) in [6.07, 6.45) is 0. The first kappa shape index (κ1) is 12.6.